The molecule has 0 spiro atoms. The second-order valence-electron chi connectivity index (χ2n) is 9.81. The first-order valence-electron chi connectivity index (χ1n) is 13.5. The van der Waals surface area contributed by atoms with Gasteiger partial charge in [-0.05, 0) is 108 Å². The average Bonchev–Trinajstić information content (AvgIpc) is 3.01. The second kappa shape index (κ2) is 15.7. The van der Waals surface area contributed by atoms with Gasteiger partial charge in [-0.1, -0.05) is 64.4 Å². The highest BCUT2D eigenvalue weighted by molar-refractivity contribution is 7.60. The molecule has 0 radical (unpaired) electrons. The lowest BCUT2D eigenvalue weighted by atomic mass is 10.2. The molecule has 210 valence electrons. The summed E-state index contributed by atoms with van der Waals surface area (Å²) in [6.45, 7) is 0. The Labute approximate surface area is 242 Å². The first-order chi connectivity index (χ1) is 19.6. The van der Waals surface area contributed by atoms with E-state index in [0.29, 0.717) is 0 Å². The molecule has 40 heavy (non-hydrogen) atoms. The number of ether oxygens (including phenoxy) is 4. The van der Waals surface area contributed by atoms with Gasteiger partial charge in [-0.15, -0.1) is 0 Å². The molecule has 4 aromatic carbocycles. The third-order valence-electron chi connectivity index (χ3n) is 6.99. The van der Waals surface area contributed by atoms with E-state index in [4.69, 9.17) is 18.9 Å². The van der Waals surface area contributed by atoms with Crippen molar-refractivity contribution in [3.05, 3.63) is 119 Å². The fourth-order valence-corrected chi connectivity index (χ4v) is 10.7. The first-order valence-corrected chi connectivity index (χ1v) is 17.3. The van der Waals surface area contributed by atoms with Crippen molar-refractivity contribution in [3.8, 4) is 23.0 Å². The smallest absolute Gasteiger partial charge is 0.118 e. The average molecular weight is 575 g/mol. The first kappa shape index (κ1) is 29.9. The summed E-state index contributed by atoms with van der Waals surface area (Å²) < 4.78 is 21.6. The summed E-state index contributed by atoms with van der Waals surface area (Å²) in [6, 6.07) is 34.4. The van der Waals surface area contributed by atoms with E-state index in [0.717, 1.165) is 47.6 Å². The van der Waals surface area contributed by atoms with Crippen LogP contribution in [0, 0.1) is 0 Å². The topological polar surface area (TPSA) is 36.9 Å². The highest BCUT2D eigenvalue weighted by Gasteiger charge is 2.17. The van der Waals surface area contributed by atoms with Crippen molar-refractivity contribution < 1.29 is 18.9 Å². The maximum Gasteiger partial charge on any atom is 0.118 e. The van der Waals surface area contributed by atoms with Gasteiger partial charge in [0.1, 0.15) is 23.0 Å². The Morgan fingerprint density at radius 3 is 0.725 bits per heavy atom. The standard InChI is InChI=1S/C34H40O4P2/c1-35-31-13-5-27(6-14-31)23-39(24-28-7-15-32(36-2)16-8-28)21-22-40(25-29-9-17-33(37-3)18-10-29)26-30-11-19-34(38-4)20-12-30/h5-20H,21-26H2,1-4H3. The van der Waals surface area contributed by atoms with Gasteiger partial charge < -0.3 is 18.9 Å². The third kappa shape index (κ3) is 9.26. The van der Waals surface area contributed by atoms with Crippen molar-refractivity contribution in [1.29, 1.82) is 0 Å². The molecule has 0 bridgehead atoms. The van der Waals surface area contributed by atoms with Crippen LogP contribution in [0.15, 0.2) is 97.1 Å². The van der Waals surface area contributed by atoms with E-state index in [2.05, 4.69) is 97.1 Å². The second-order valence-corrected chi connectivity index (χ2v) is 14.7. The van der Waals surface area contributed by atoms with Crippen molar-refractivity contribution in [2.24, 2.45) is 0 Å². The molecule has 0 aliphatic carbocycles. The fourth-order valence-electron chi connectivity index (χ4n) is 4.67. The van der Waals surface area contributed by atoms with Crippen LogP contribution < -0.4 is 18.9 Å². The van der Waals surface area contributed by atoms with E-state index in [9.17, 15) is 0 Å². The van der Waals surface area contributed by atoms with Crippen LogP contribution in [0.3, 0.4) is 0 Å². The van der Waals surface area contributed by atoms with E-state index in [1.165, 1.54) is 34.6 Å². The molecule has 0 aromatic heterocycles. The molecule has 0 aliphatic rings. The maximum atomic E-state index is 5.39. The molecule has 0 aliphatic heterocycles. The number of hydrogen-bond acceptors (Lipinski definition) is 4. The Balaban J connectivity index is 1.51. The van der Waals surface area contributed by atoms with Crippen LogP contribution in [0.25, 0.3) is 0 Å². The summed E-state index contributed by atoms with van der Waals surface area (Å²) >= 11 is 0. The van der Waals surface area contributed by atoms with Crippen LogP contribution >= 0.6 is 15.8 Å². The predicted octanol–water partition coefficient (Wildman–Crippen LogP) is 8.79. The molecule has 4 nitrogen and oxygen atoms in total. The quantitative estimate of drug-likeness (QED) is 0.133. The van der Waals surface area contributed by atoms with E-state index < -0.39 is 0 Å². The summed E-state index contributed by atoms with van der Waals surface area (Å²) in [5.74, 6) is 3.63. The van der Waals surface area contributed by atoms with Crippen molar-refractivity contribution in [2.75, 3.05) is 40.8 Å². The zero-order valence-electron chi connectivity index (χ0n) is 24.0. The largest absolute Gasteiger partial charge is 0.497 e. The van der Waals surface area contributed by atoms with Crippen LogP contribution in [0.4, 0.5) is 0 Å². The van der Waals surface area contributed by atoms with Crippen molar-refractivity contribution >= 4 is 15.8 Å². The van der Waals surface area contributed by atoms with Crippen LogP contribution in [0.1, 0.15) is 22.3 Å². The minimum absolute atomic E-state index is 0.244. The van der Waals surface area contributed by atoms with Gasteiger partial charge in [-0.3, -0.25) is 0 Å². The van der Waals surface area contributed by atoms with E-state index >= 15 is 0 Å². The van der Waals surface area contributed by atoms with Gasteiger partial charge in [0.25, 0.3) is 0 Å². The third-order valence-corrected chi connectivity index (χ3v) is 12.3. The molecule has 0 N–H and O–H groups in total. The zero-order chi connectivity index (χ0) is 28.2. The lowest BCUT2D eigenvalue weighted by molar-refractivity contribution is 0.414. The molecule has 0 heterocycles. The van der Waals surface area contributed by atoms with E-state index in [1.54, 1.807) is 28.4 Å². The molecular weight excluding hydrogens is 534 g/mol. The molecule has 0 saturated heterocycles. The van der Waals surface area contributed by atoms with Crippen LogP contribution in [0.5, 0.6) is 23.0 Å². The lowest BCUT2D eigenvalue weighted by Gasteiger charge is -2.24. The Hall–Kier alpha value is -3.06. The molecule has 0 fully saturated rings. The minimum Gasteiger partial charge on any atom is -0.497 e. The summed E-state index contributed by atoms with van der Waals surface area (Å²) in [4.78, 5) is 0. The number of benzene rings is 4. The van der Waals surface area contributed by atoms with Crippen LogP contribution in [-0.2, 0) is 24.6 Å². The van der Waals surface area contributed by atoms with E-state index in [-0.39, 0.29) is 15.8 Å². The SMILES string of the molecule is COc1ccc(CP(CCP(Cc2ccc(OC)cc2)Cc2ccc(OC)cc2)Cc2ccc(OC)cc2)cc1. The van der Waals surface area contributed by atoms with Gasteiger partial charge in [0.2, 0.25) is 0 Å². The van der Waals surface area contributed by atoms with Gasteiger partial charge in [0.05, 0.1) is 28.4 Å². The molecule has 4 rings (SSSR count). The maximum absolute atomic E-state index is 5.39. The molecule has 0 amide bonds. The summed E-state index contributed by atoms with van der Waals surface area (Å²) in [6.07, 6.45) is 6.93. The summed E-state index contributed by atoms with van der Waals surface area (Å²) in [7, 11) is 6.40. The van der Waals surface area contributed by atoms with Crippen molar-refractivity contribution in [2.45, 2.75) is 24.6 Å². The lowest BCUT2D eigenvalue weighted by Crippen LogP contribution is -2.01. The van der Waals surface area contributed by atoms with Gasteiger partial charge in [0, 0.05) is 0 Å². The molecule has 6 heteroatoms. The molecule has 4 aromatic rings. The van der Waals surface area contributed by atoms with Gasteiger partial charge in [0.15, 0.2) is 0 Å². The number of methoxy groups -OCH3 is 4. The molecular formula is C34H40O4P2. The van der Waals surface area contributed by atoms with Crippen molar-refractivity contribution in [3.63, 3.8) is 0 Å². The zero-order valence-corrected chi connectivity index (χ0v) is 25.8. The van der Waals surface area contributed by atoms with E-state index in [1.807, 2.05) is 0 Å². The van der Waals surface area contributed by atoms with Gasteiger partial charge >= 0.3 is 0 Å². The Bertz CT molecular complexity index is 1070. The normalized spacial score (nSPS) is 11.1. The van der Waals surface area contributed by atoms with Gasteiger partial charge in [-0.25, -0.2) is 0 Å². The summed E-state index contributed by atoms with van der Waals surface area (Å²) in [5, 5.41) is 0. The highest BCUT2D eigenvalue weighted by atomic mass is 31.1. The minimum atomic E-state index is -0.244. The van der Waals surface area contributed by atoms with Gasteiger partial charge in [-0.2, -0.15) is 0 Å². The van der Waals surface area contributed by atoms with Crippen LogP contribution in [-0.4, -0.2) is 40.8 Å². The molecule has 0 saturated carbocycles. The number of hydrogen-bond donors (Lipinski definition) is 0. The fraction of sp³-hybridized carbons (Fsp3) is 0.294. The molecule has 0 unspecified atom stereocenters. The number of rotatable bonds is 15. The molecule has 0 atom stereocenters. The predicted molar refractivity (Wildman–Crippen MR) is 170 cm³/mol. The Kier molecular flexibility index (Phi) is 11.7. The highest BCUT2D eigenvalue weighted by Crippen LogP contribution is 2.50. The summed E-state index contributed by atoms with van der Waals surface area (Å²) in [5.41, 5.74) is 5.54. The monoisotopic (exact) mass is 574 g/mol. The van der Waals surface area contributed by atoms with Crippen molar-refractivity contribution in [1.82, 2.24) is 0 Å². The Morgan fingerprint density at radius 1 is 0.350 bits per heavy atom. The Morgan fingerprint density at radius 2 is 0.550 bits per heavy atom. The van der Waals surface area contributed by atoms with Crippen LogP contribution in [0.2, 0.25) is 0 Å².